The monoisotopic (exact) mass is 192 g/mol. The molecule has 66 valence electrons. The maximum absolute atomic E-state index is 5.10. The van der Waals surface area contributed by atoms with Crippen LogP contribution in [0.2, 0.25) is 0 Å². The largest absolute Gasteiger partial charge is 0.372 e. The fraction of sp³-hybridized carbons (Fsp3) is 1.00. The maximum Gasteiger partial charge on any atom is 0.0900 e. The summed E-state index contributed by atoms with van der Waals surface area (Å²) in [4.78, 5) is 0. The van der Waals surface area contributed by atoms with Gasteiger partial charge >= 0.3 is 0 Å². The Morgan fingerprint density at radius 1 is 1.73 bits per heavy atom. The molecular formula is C8H16OS2. The van der Waals surface area contributed by atoms with E-state index in [9.17, 15) is 0 Å². The van der Waals surface area contributed by atoms with E-state index in [4.69, 9.17) is 4.74 Å². The van der Waals surface area contributed by atoms with E-state index in [1.54, 1.807) is 0 Å². The number of thioether (sulfide) groups is 1. The van der Waals surface area contributed by atoms with Crippen molar-refractivity contribution in [1.29, 1.82) is 0 Å². The lowest BCUT2D eigenvalue weighted by Gasteiger charge is -2.05. The van der Waals surface area contributed by atoms with Crippen LogP contribution in [0.3, 0.4) is 0 Å². The van der Waals surface area contributed by atoms with Gasteiger partial charge in [-0.15, -0.1) is 0 Å². The number of ether oxygens (including phenoxy) is 1. The summed E-state index contributed by atoms with van der Waals surface area (Å²) in [5.74, 6) is 2.42. The van der Waals surface area contributed by atoms with Gasteiger partial charge in [-0.1, -0.05) is 6.92 Å². The van der Waals surface area contributed by atoms with E-state index in [-0.39, 0.29) is 0 Å². The second-order valence-electron chi connectivity index (χ2n) is 2.88. The molecule has 0 aliphatic carbocycles. The van der Waals surface area contributed by atoms with Crippen LogP contribution in [0.1, 0.15) is 19.8 Å². The van der Waals surface area contributed by atoms with Crippen LogP contribution >= 0.6 is 24.4 Å². The summed E-state index contributed by atoms with van der Waals surface area (Å²) < 4.78 is 5.10. The molecule has 11 heavy (non-hydrogen) atoms. The van der Waals surface area contributed by atoms with E-state index in [0.717, 1.165) is 6.61 Å². The molecule has 0 spiro atoms. The van der Waals surface area contributed by atoms with Gasteiger partial charge in [-0.2, -0.15) is 24.4 Å². The maximum atomic E-state index is 5.10. The number of thiol groups is 1. The molecule has 1 fully saturated rings. The molecule has 2 unspecified atom stereocenters. The van der Waals surface area contributed by atoms with Crippen LogP contribution in [0.5, 0.6) is 0 Å². The normalized spacial score (nSPS) is 25.1. The molecule has 0 radical (unpaired) electrons. The van der Waals surface area contributed by atoms with Gasteiger partial charge in [0, 0.05) is 11.0 Å². The molecule has 0 saturated carbocycles. The molecule has 1 saturated heterocycles. The Balaban J connectivity index is 1.79. The number of hydrogen-bond acceptors (Lipinski definition) is 3. The van der Waals surface area contributed by atoms with Crippen LogP contribution in [0.4, 0.5) is 0 Å². The Labute approximate surface area is 78.7 Å². The molecule has 2 atom stereocenters. The van der Waals surface area contributed by atoms with Crippen molar-refractivity contribution >= 4 is 24.4 Å². The highest BCUT2D eigenvalue weighted by Crippen LogP contribution is 2.18. The summed E-state index contributed by atoms with van der Waals surface area (Å²) in [5.41, 5.74) is 0. The van der Waals surface area contributed by atoms with E-state index in [0.29, 0.717) is 11.4 Å². The van der Waals surface area contributed by atoms with Crippen LogP contribution in [0, 0.1) is 0 Å². The first-order valence-corrected chi connectivity index (χ1v) is 5.87. The zero-order chi connectivity index (χ0) is 8.10. The van der Waals surface area contributed by atoms with Crippen LogP contribution in [0.15, 0.2) is 0 Å². The first-order chi connectivity index (χ1) is 5.33. The molecule has 0 aromatic rings. The first kappa shape index (κ1) is 9.75. The van der Waals surface area contributed by atoms with Crippen molar-refractivity contribution < 1.29 is 4.74 Å². The molecule has 0 N–H and O–H groups in total. The van der Waals surface area contributed by atoms with Gasteiger partial charge in [-0.05, 0) is 18.6 Å². The van der Waals surface area contributed by atoms with Crippen molar-refractivity contribution in [1.82, 2.24) is 0 Å². The van der Waals surface area contributed by atoms with E-state index in [2.05, 4.69) is 19.6 Å². The third kappa shape index (κ3) is 4.99. The minimum Gasteiger partial charge on any atom is -0.372 e. The summed E-state index contributed by atoms with van der Waals surface area (Å²) in [6.07, 6.45) is 3.00. The van der Waals surface area contributed by atoms with E-state index in [1.807, 2.05) is 11.8 Å². The van der Waals surface area contributed by atoms with E-state index >= 15 is 0 Å². The summed E-state index contributed by atoms with van der Waals surface area (Å²) in [6, 6.07) is 0. The number of rotatable bonds is 6. The van der Waals surface area contributed by atoms with Crippen LogP contribution in [-0.4, -0.2) is 29.5 Å². The molecule has 3 heteroatoms. The lowest BCUT2D eigenvalue weighted by molar-refractivity contribution is 0.426. The quantitative estimate of drug-likeness (QED) is 0.393. The highest BCUT2D eigenvalue weighted by Gasteiger charge is 2.21. The Morgan fingerprint density at radius 2 is 2.45 bits per heavy atom. The summed E-state index contributed by atoms with van der Waals surface area (Å²) in [5, 5.41) is 0.600. The molecule has 0 aromatic carbocycles. The van der Waals surface area contributed by atoms with Crippen molar-refractivity contribution in [2.75, 3.05) is 18.1 Å². The summed E-state index contributed by atoms with van der Waals surface area (Å²) in [6.45, 7) is 3.18. The summed E-state index contributed by atoms with van der Waals surface area (Å²) in [7, 11) is 0. The molecule has 1 heterocycles. The molecule has 0 aromatic heterocycles. The smallest absolute Gasteiger partial charge is 0.0900 e. The fourth-order valence-electron chi connectivity index (χ4n) is 0.803. The van der Waals surface area contributed by atoms with Crippen molar-refractivity contribution in [3.05, 3.63) is 0 Å². The third-order valence-corrected chi connectivity index (χ3v) is 3.53. The van der Waals surface area contributed by atoms with Crippen molar-refractivity contribution in [2.24, 2.45) is 0 Å². The average molecular weight is 192 g/mol. The van der Waals surface area contributed by atoms with Crippen LogP contribution in [-0.2, 0) is 4.74 Å². The molecule has 0 bridgehead atoms. The van der Waals surface area contributed by atoms with Gasteiger partial charge in [0.25, 0.3) is 0 Å². The molecule has 1 nitrogen and oxygen atoms in total. The molecular weight excluding hydrogens is 176 g/mol. The lowest BCUT2D eigenvalue weighted by atomic mass is 10.3. The Morgan fingerprint density at radius 3 is 3.00 bits per heavy atom. The first-order valence-electron chi connectivity index (χ1n) is 4.20. The van der Waals surface area contributed by atoms with E-state index in [1.165, 1.54) is 24.3 Å². The molecule has 0 amide bonds. The van der Waals surface area contributed by atoms with Crippen LogP contribution in [0.25, 0.3) is 0 Å². The van der Waals surface area contributed by atoms with Gasteiger partial charge in [0.1, 0.15) is 0 Å². The second kappa shape index (κ2) is 5.33. The minimum atomic E-state index is 0.583. The van der Waals surface area contributed by atoms with Gasteiger partial charge in [-0.3, -0.25) is 0 Å². The second-order valence-corrected chi connectivity index (χ2v) is 4.76. The van der Waals surface area contributed by atoms with E-state index < -0.39 is 0 Å². The van der Waals surface area contributed by atoms with Crippen molar-refractivity contribution in [3.8, 4) is 0 Å². The molecule has 1 rings (SSSR count). The van der Waals surface area contributed by atoms with Gasteiger partial charge in [0.15, 0.2) is 0 Å². The zero-order valence-corrected chi connectivity index (χ0v) is 8.66. The third-order valence-electron chi connectivity index (χ3n) is 1.77. The van der Waals surface area contributed by atoms with Crippen LogP contribution < -0.4 is 0 Å². The highest BCUT2D eigenvalue weighted by atomic mass is 32.2. The number of hydrogen-bond donors (Lipinski definition) is 1. The number of epoxide rings is 1. The van der Waals surface area contributed by atoms with Gasteiger partial charge in [0.2, 0.25) is 0 Å². The summed E-state index contributed by atoms with van der Waals surface area (Å²) >= 11 is 6.42. The molecule has 1 aliphatic rings. The molecule has 1 aliphatic heterocycles. The van der Waals surface area contributed by atoms with Crippen molar-refractivity contribution in [2.45, 2.75) is 31.1 Å². The predicted octanol–water partition coefficient (Wildman–Crippen LogP) is 2.22. The fourth-order valence-corrected chi connectivity index (χ4v) is 2.18. The Kier molecular flexibility index (Phi) is 4.72. The zero-order valence-electron chi connectivity index (χ0n) is 6.95. The van der Waals surface area contributed by atoms with Gasteiger partial charge < -0.3 is 4.74 Å². The predicted molar refractivity (Wildman–Crippen MR) is 54.7 cm³/mol. The van der Waals surface area contributed by atoms with Gasteiger partial charge in [0.05, 0.1) is 12.7 Å². The minimum absolute atomic E-state index is 0.583. The lowest BCUT2D eigenvalue weighted by Crippen LogP contribution is -1.99. The Hall–Kier alpha value is 0.660. The Bertz CT molecular complexity index is 104. The standard InChI is InChI=1S/C8H16OS2/c1-2-8(10)3-4-11-6-7-5-9-7/h7-8,10H,2-6H2,1H3. The highest BCUT2D eigenvalue weighted by molar-refractivity contribution is 7.99. The topological polar surface area (TPSA) is 12.5 Å². The average Bonchev–Trinajstić information content (AvgIpc) is 2.81. The van der Waals surface area contributed by atoms with Crippen molar-refractivity contribution in [3.63, 3.8) is 0 Å². The van der Waals surface area contributed by atoms with Gasteiger partial charge in [-0.25, -0.2) is 0 Å². The SMILES string of the molecule is CCC(S)CCSCC1CO1.